The monoisotopic (exact) mass is 296 g/mol. The zero-order valence-electron chi connectivity index (χ0n) is 10.6. The Hall–Kier alpha value is -2.70. The van der Waals surface area contributed by atoms with Crippen molar-refractivity contribution in [3.05, 3.63) is 53.8 Å². The standard InChI is InChI=1S/C14H11F3N2O2/c15-8-1-6-11(12(18)7-8)13(20)19-9-2-4-10(5-3-9)21-14(16)17/h1-7,14H,18H2,(H,19,20). The summed E-state index contributed by atoms with van der Waals surface area (Å²) in [6.45, 7) is -2.91. The van der Waals surface area contributed by atoms with E-state index in [1.807, 2.05) is 0 Å². The van der Waals surface area contributed by atoms with Gasteiger partial charge in [0.05, 0.1) is 5.56 Å². The Balaban J connectivity index is 2.08. The third-order valence-corrected chi connectivity index (χ3v) is 2.60. The van der Waals surface area contributed by atoms with Gasteiger partial charge in [0.2, 0.25) is 0 Å². The summed E-state index contributed by atoms with van der Waals surface area (Å²) in [5.74, 6) is -1.10. The topological polar surface area (TPSA) is 64.4 Å². The minimum atomic E-state index is -2.91. The lowest BCUT2D eigenvalue weighted by molar-refractivity contribution is -0.0498. The molecule has 21 heavy (non-hydrogen) atoms. The van der Waals surface area contributed by atoms with Crippen molar-refractivity contribution in [3.63, 3.8) is 0 Å². The van der Waals surface area contributed by atoms with Gasteiger partial charge in [-0.3, -0.25) is 4.79 Å². The fraction of sp³-hybridized carbons (Fsp3) is 0.0714. The molecule has 0 spiro atoms. The van der Waals surface area contributed by atoms with Gasteiger partial charge in [-0.15, -0.1) is 0 Å². The molecule has 0 saturated carbocycles. The van der Waals surface area contributed by atoms with E-state index in [2.05, 4.69) is 10.1 Å². The van der Waals surface area contributed by atoms with E-state index in [9.17, 15) is 18.0 Å². The fourth-order valence-electron chi connectivity index (χ4n) is 1.66. The average Bonchev–Trinajstić information content (AvgIpc) is 2.40. The largest absolute Gasteiger partial charge is 0.435 e. The summed E-state index contributed by atoms with van der Waals surface area (Å²) in [6.07, 6.45) is 0. The van der Waals surface area contributed by atoms with Crippen LogP contribution in [0.25, 0.3) is 0 Å². The van der Waals surface area contributed by atoms with Crippen molar-refractivity contribution < 1.29 is 22.7 Å². The lowest BCUT2D eigenvalue weighted by Gasteiger charge is -2.09. The summed E-state index contributed by atoms with van der Waals surface area (Å²) in [7, 11) is 0. The molecule has 2 rings (SSSR count). The highest BCUT2D eigenvalue weighted by Gasteiger charge is 2.11. The number of anilines is 2. The van der Waals surface area contributed by atoms with E-state index in [0.717, 1.165) is 12.1 Å². The fourth-order valence-corrected chi connectivity index (χ4v) is 1.66. The van der Waals surface area contributed by atoms with Crippen molar-refractivity contribution in [2.75, 3.05) is 11.1 Å². The molecule has 0 radical (unpaired) electrons. The molecular weight excluding hydrogens is 285 g/mol. The summed E-state index contributed by atoms with van der Waals surface area (Å²) in [6, 6.07) is 8.78. The van der Waals surface area contributed by atoms with Crippen molar-refractivity contribution in [1.29, 1.82) is 0 Å². The number of nitrogen functional groups attached to an aromatic ring is 1. The first-order chi connectivity index (χ1) is 9.95. The molecule has 0 unspecified atom stereocenters. The molecule has 0 heterocycles. The molecule has 2 aromatic rings. The molecule has 7 heteroatoms. The smallest absolute Gasteiger partial charge is 0.387 e. The van der Waals surface area contributed by atoms with Gasteiger partial charge in [-0.1, -0.05) is 0 Å². The van der Waals surface area contributed by atoms with Crippen LogP contribution in [-0.4, -0.2) is 12.5 Å². The number of halogens is 3. The van der Waals surface area contributed by atoms with Crippen LogP contribution in [0, 0.1) is 5.82 Å². The predicted octanol–water partition coefficient (Wildman–Crippen LogP) is 3.26. The molecule has 0 aliphatic heterocycles. The number of nitrogens with one attached hydrogen (secondary N) is 1. The number of hydrogen-bond donors (Lipinski definition) is 2. The van der Waals surface area contributed by atoms with Gasteiger partial charge in [-0.05, 0) is 42.5 Å². The summed E-state index contributed by atoms with van der Waals surface area (Å²) in [4.78, 5) is 11.9. The molecule has 0 aliphatic carbocycles. The van der Waals surface area contributed by atoms with E-state index in [1.165, 1.54) is 30.3 Å². The Kier molecular flexibility index (Phi) is 4.32. The van der Waals surface area contributed by atoms with Gasteiger partial charge >= 0.3 is 6.61 Å². The number of hydrogen-bond acceptors (Lipinski definition) is 3. The molecule has 0 bridgehead atoms. The van der Waals surface area contributed by atoms with Crippen LogP contribution in [0.4, 0.5) is 24.5 Å². The van der Waals surface area contributed by atoms with Crippen LogP contribution in [0.2, 0.25) is 0 Å². The van der Waals surface area contributed by atoms with Crippen LogP contribution >= 0.6 is 0 Å². The lowest BCUT2D eigenvalue weighted by Crippen LogP contribution is -2.14. The first kappa shape index (κ1) is 14.7. The van der Waals surface area contributed by atoms with E-state index in [4.69, 9.17) is 5.73 Å². The quantitative estimate of drug-likeness (QED) is 0.851. The number of ether oxygens (including phenoxy) is 1. The van der Waals surface area contributed by atoms with Crippen LogP contribution in [-0.2, 0) is 0 Å². The highest BCUT2D eigenvalue weighted by atomic mass is 19.3. The molecule has 110 valence electrons. The van der Waals surface area contributed by atoms with Crippen molar-refractivity contribution >= 4 is 17.3 Å². The normalized spacial score (nSPS) is 10.5. The number of benzene rings is 2. The van der Waals surface area contributed by atoms with Crippen molar-refractivity contribution in [1.82, 2.24) is 0 Å². The molecule has 2 aromatic carbocycles. The van der Waals surface area contributed by atoms with Gasteiger partial charge < -0.3 is 15.8 Å². The minimum absolute atomic E-state index is 0.00477. The zero-order valence-corrected chi connectivity index (χ0v) is 10.6. The number of rotatable bonds is 4. The second-order valence-corrected chi connectivity index (χ2v) is 4.09. The third kappa shape index (κ3) is 3.88. The second-order valence-electron chi connectivity index (χ2n) is 4.09. The van der Waals surface area contributed by atoms with Gasteiger partial charge in [0.25, 0.3) is 5.91 Å². The zero-order chi connectivity index (χ0) is 15.4. The van der Waals surface area contributed by atoms with Crippen molar-refractivity contribution in [2.45, 2.75) is 6.61 Å². The Morgan fingerprint density at radius 1 is 1.14 bits per heavy atom. The number of carbonyl (C=O) groups is 1. The molecule has 0 saturated heterocycles. The molecule has 1 amide bonds. The van der Waals surface area contributed by atoms with Gasteiger partial charge in [-0.2, -0.15) is 8.78 Å². The Morgan fingerprint density at radius 3 is 2.38 bits per heavy atom. The Morgan fingerprint density at radius 2 is 1.81 bits per heavy atom. The first-order valence-corrected chi connectivity index (χ1v) is 5.87. The van der Waals surface area contributed by atoms with E-state index >= 15 is 0 Å². The highest BCUT2D eigenvalue weighted by Crippen LogP contribution is 2.20. The number of alkyl halides is 2. The predicted molar refractivity (Wildman–Crippen MR) is 71.8 cm³/mol. The Bertz CT molecular complexity index is 645. The van der Waals surface area contributed by atoms with E-state index < -0.39 is 18.3 Å². The maximum absolute atomic E-state index is 12.9. The van der Waals surface area contributed by atoms with Crippen LogP contribution < -0.4 is 15.8 Å². The van der Waals surface area contributed by atoms with Crippen LogP contribution in [0.1, 0.15) is 10.4 Å². The van der Waals surface area contributed by atoms with Crippen LogP contribution in [0.15, 0.2) is 42.5 Å². The summed E-state index contributed by atoms with van der Waals surface area (Å²) in [5.41, 5.74) is 6.04. The van der Waals surface area contributed by atoms with E-state index in [1.54, 1.807) is 0 Å². The van der Waals surface area contributed by atoms with Gasteiger partial charge in [0, 0.05) is 11.4 Å². The van der Waals surface area contributed by atoms with Crippen LogP contribution in [0.3, 0.4) is 0 Å². The number of nitrogens with two attached hydrogens (primary N) is 1. The summed E-state index contributed by atoms with van der Waals surface area (Å²) in [5, 5.41) is 2.51. The average molecular weight is 296 g/mol. The maximum Gasteiger partial charge on any atom is 0.387 e. The summed E-state index contributed by atoms with van der Waals surface area (Å²) >= 11 is 0. The molecule has 3 N–H and O–H groups in total. The third-order valence-electron chi connectivity index (χ3n) is 2.60. The van der Waals surface area contributed by atoms with Crippen LogP contribution in [0.5, 0.6) is 5.75 Å². The second kappa shape index (κ2) is 6.17. The highest BCUT2D eigenvalue weighted by molar-refractivity contribution is 6.07. The van der Waals surface area contributed by atoms with E-state index in [0.29, 0.717) is 5.69 Å². The number of carbonyl (C=O) groups excluding carboxylic acids is 1. The lowest BCUT2D eigenvalue weighted by atomic mass is 10.1. The molecule has 0 atom stereocenters. The first-order valence-electron chi connectivity index (χ1n) is 5.87. The molecule has 0 aliphatic rings. The van der Waals surface area contributed by atoms with Gasteiger partial charge in [-0.25, -0.2) is 4.39 Å². The SMILES string of the molecule is Nc1cc(F)ccc1C(=O)Nc1ccc(OC(F)F)cc1. The number of amides is 1. The van der Waals surface area contributed by atoms with Crippen molar-refractivity contribution in [2.24, 2.45) is 0 Å². The van der Waals surface area contributed by atoms with Gasteiger partial charge in [0.1, 0.15) is 11.6 Å². The summed E-state index contributed by atoms with van der Waals surface area (Å²) < 4.78 is 41.1. The maximum atomic E-state index is 12.9. The molecule has 0 fully saturated rings. The van der Waals surface area contributed by atoms with Gasteiger partial charge in [0.15, 0.2) is 0 Å². The molecular formula is C14H11F3N2O2. The van der Waals surface area contributed by atoms with Crippen molar-refractivity contribution in [3.8, 4) is 5.75 Å². The van der Waals surface area contributed by atoms with E-state index in [-0.39, 0.29) is 17.0 Å². The molecule has 4 nitrogen and oxygen atoms in total. The minimum Gasteiger partial charge on any atom is -0.435 e. The Labute approximate surface area is 118 Å². The molecule has 0 aromatic heterocycles.